The van der Waals surface area contributed by atoms with Crippen LogP contribution in [-0.2, 0) is 4.79 Å². The second-order valence-electron chi connectivity index (χ2n) is 4.13. The molecule has 0 unspecified atom stereocenters. The Kier molecular flexibility index (Phi) is 4.94. The van der Waals surface area contributed by atoms with Gasteiger partial charge in [-0.3, -0.25) is 4.79 Å². The van der Waals surface area contributed by atoms with Crippen molar-refractivity contribution in [2.75, 3.05) is 13.1 Å². The fourth-order valence-electron chi connectivity index (χ4n) is 1.96. The van der Waals surface area contributed by atoms with E-state index in [9.17, 15) is 4.79 Å². The van der Waals surface area contributed by atoms with E-state index >= 15 is 0 Å². The number of likely N-dealkylation sites (tertiary alicyclic amines) is 1. The lowest BCUT2D eigenvalue weighted by Crippen LogP contribution is -2.44. The van der Waals surface area contributed by atoms with Crippen LogP contribution in [0.25, 0.3) is 0 Å². The molecule has 82 valence electrons. The van der Waals surface area contributed by atoms with Crippen molar-refractivity contribution < 1.29 is 4.79 Å². The van der Waals surface area contributed by atoms with E-state index in [1.54, 1.807) is 0 Å². The molecule has 14 heavy (non-hydrogen) atoms. The van der Waals surface area contributed by atoms with Gasteiger partial charge in [0.25, 0.3) is 0 Å². The molecule has 3 heteroatoms. The van der Waals surface area contributed by atoms with Gasteiger partial charge in [-0.1, -0.05) is 26.2 Å². The van der Waals surface area contributed by atoms with Crippen molar-refractivity contribution in [2.24, 2.45) is 5.73 Å². The molecule has 0 saturated carbocycles. The Bertz CT molecular complexity index is 174. The lowest BCUT2D eigenvalue weighted by atomic mass is 10.1. The number of carbonyl (C=O) groups is 1. The van der Waals surface area contributed by atoms with E-state index in [2.05, 4.69) is 6.92 Å². The largest absolute Gasteiger partial charge is 0.341 e. The van der Waals surface area contributed by atoms with Crippen LogP contribution in [0.15, 0.2) is 0 Å². The van der Waals surface area contributed by atoms with Gasteiger partial charge in [0.2, 0.25) is 5.91 Å². The summed E-state index contributed by atoms with van der Waals surface area (Å²) in [5.74, 6) is 0.161. The second-order valence-corrected chi connectivity index (χ2v) is 4.13. The Hall–Kier alpha value is -0.570. The number of amides is 1. The molecule has 1 amide bonds. The predicted molar refractivity (Wildman–Crippen MR) is 57.9 cm³/mol. The summed E-state index contributed by atoms with van der Waals surface area (Å²) in [7, 11) is 0. The molecule has 0 spiro atoms. The summed E-state index contributed by atoms with van der Waals surface area (Å²) in [5, 5.41) is 0. The van der Waals surface area contributed by atoms with Gasteiger partial charge in [0.05, 0.1) is 6.04 Å². The van der Waals surface area contributed by atoms with E-state index < -0.39 is 0 Å². The number of carbonyl (C=O) groups excluding carboxylic acids is 1. The lowest BCUT2D eigenvalue weighted by Gasteiger charge is -2.23. The van der Waals surface area contributed by atoms with E-state index in [1.165, 1.54) is 12.8 Å². The standard InChI is InChI=1S/C11H22N2O/c1-2-7-10(12)11(14)13-8-5-3-4-6-9-13/h10H,2-9,12H2,1H3/t10-/m1/s1. The van der Waals surface area contributed by atoms with Gasteiger partial charge in [0, 0.05) is 13.1 Å². The molecule has 1 heterocycles. The third-order valence-electron chi connectivity index (χ3n) is 2.83. The van der Waals surface area contributed by atoms with Crippen molar-refractivity contribution in [2.45, 2.75) is 51.5 Å². The molecule has 1 aliphatic rings. The maximum atomic E-state index is 11.8. The molecule has 0 aromatic carbocycles. The van der Waals surface area contributed by atoms with Crippen molar-refractivity contribution in [1.82, 2.24) is 4.90 Å². The van der Waals surface area contributed by atoms with Crippen molar-refractivity contribution in [3.8, 4) is 0 Å². The molecule has 0 bridgehead atoms. The van der Waals surface area contributed by atoms with Gasteiger partial charge in [-0.05, 0) is 19.3 Å². The summed E-state index contributed by atoms with van der Waals surface area (Å²) < 4.78 is 0. The van der Waals surface area contributed by atoms with E-state index in [0.29, 0.717) is 0 Å². The van der Waals surface area contributed by atoms with Gasteiger partial charge < -0.3 is 10.6 Å². The smallest absolute Gasteiger partial charge is 0.239 e. The normalized spacial score (nSPS) is 20.3. The van der Waals surface area contributed by atoms with Gasteiger partial charge in [0.1, 0.15) is 0 Å². The first kappa shape index (κ1) is 11.5. The Morgan fingerprint density at radius 3 is 2.36 bits per heavy atom. The number of rotatable bonds is 3. The van der Waals surface area contributed by atoms with Gasteiger partial charge in [-0.25, -0.2) is 0 Å². The summed E-state index contributed by atoms with van der Waals surface area (Å²) in [6.07, 6.45) is 6.60. The average Bonchev–Trinajstić information content (AvgIpc) is 2.45. The minimum absolute atomic E-state index is 0.161. The molecule has 1 atom stereocenters. The highest BCUT2D eigenvalue weighted by Gasteiger charge is 2.20. The molecule has 0 aromatic heterocycles. The van der Waals surface area contributed by atoms with Crippen molar-refractivity contribution in [3.05, 3.63) is 0 Å². The van der Waals surface area contributed by atoms with E-state index in [4.69, 9.17) is 5.73 Å². The van der Waals surface area contributed by atoms with E-state index in [-0.39, 0.29) is 11.9 Å². The third-order valence-corrected chi connectivity index (χ3v) is 2.83. The first-order valence-electron chi connectivity index (χ1n) is 5.80. The van der Waals surface area contributed by atoms with Gasteiger partial charge >= 0.3 is 0 Å². The van der Waals surface area contributed by atoms with Crippen LogP contribution in [0.1, 0.15) is 45.4 Å². The Labute approximate surface area is 86.6 Å². The van der Waals surface area contributed by atoms with E-state index in [1.807, 2.05) is 4.90 Å². The zero-order valence-corrected chi connectivity index (χ0v) is 9.17. The molecule has 3 nitrogen and oxygen atoms in total. The van der Waals surface area contributed by atoms with Crippen molar-refractivity contribution >= 4 is 5.91 Å². The molecule has 0 aliphatic carbocycles. The monoisotopic (exact) mass is 198 g/mol. The minimum atomic E-state index is -0.266. The fraction of sp³-hybridized carbons (Fsp3) is 0.909. The van der Waals surface area contributed by atoms with Crippen molar-refractivity contribution in [3.63, 3.8) is 0 Å². The summed E-state index contributed by atoms with van der Waals surface area (Å²) in [4.78, 5) is 13.8. The zero-order chi connectivity index (χ0) is 10.4. The summed E-state index contributed by atoms with van der Waals surface area (Å²) >= 11 is 0. The zero-order valence-electron chi connectivity index (χ0n) is 9.17. The highest BCUT2D eigenvalue weighted by Crippen LogP contribution is 2.11. The Morgan fingerprint density at radius 2 is 1.86 bits per heavy atom. The van der Waals surface area contributed by atoms with Gasteiger partial charge in [-0.2, -0.15) is 0 Å². The van der Waals surface area contributed by atoms with E-state index in [0.717, 1.165) is 38.8 Å². The molecule has 1 rings (SSSR count). The molecular formula is C11H22N2O. The molecule has 2 N–H and O–H groups in total. The molecule has 0 aromatic rings. The molecule has 1 saturated heterocycles. The molecular weight excluding hydrogens is 176 g/mol. The summed E-state index contributed by atoms with van der Waals surface area (Å²) in [5.41, 5.74) is 5.82. The van der Waals surface area contributed by atoms with Crippen LogP contribution in [0.5, 0.6) is 0 Å². The number of nitrogens with zero attached hydrogens (tertiary/aromatic N) is 1. The predicted octanol–water partition coefficient (Wildman–Crippen LogP) is 1.52. The van der Waals surface area contributed by atoms with Crippen LogP contribution in [0.4, 0.5) is 0 Å². The Balaban J connectivity index is 2.40. The minimum Gasteiger partial charge on any atom is -0.341 e. The van der Waals surface area contributed by atoms with Crippen LogP contribution >= 0.6 is 0 Å². The molecule has 1 aliphatic heterocycles. The maximum absolute atomic E-state index is 11.8. The lowest BCUT2D eigenvalue weighted by molar-refractivity contribution is -0.132. The van der Waals surface area contributed by atoms with Crippen LogP contribution in [0, 0.1) is 0 Å². The summed E-state index contributed by atoms with van der Waals surface area (Å²) in [6, 6.07) is -0.266. The fourth-order valence-corrected chi connectivity index (χ4v) is 1.96. The average molecular weight is 198 g/mol. The Morgan fingerprint density at radius 1 is 1.29 bits per heavy atom. The number of hydrogen-bond acceptors (Lipinski definition) is 2. The highest BCUT2D eigenvalue weighted by molar-refractivity contribution is 5.81. The van der Waals surface area contributed by atoms with Crippen LogP contribution < -0.4 is 5.73 Å². The van der Waals surface area contributed by atoms with Gasteiger partial charge in [-0.15, -0.1) is 0 Å². The van der Waals surface area contributed by atoms with Crippen molar-refractivity contribution in [1.29, 1.82) is 0 Å². The van der Waals surface area contributed by atoms with Gasteiger partial charge in [0.15, 0.2) is 0 Å². The maximum Gasteiger partial charge on any atom is 0.239 e. The number of hydrogen-bond donors (Lipinski definition) is 1. The van der Waals surface area contributed by atoms with Crippen LogP contribution in [0.3, 0.4) is 0 Å². The molecule has 1 fully saturated rings. The SMILES string of the molecule is CCC[C@@H](N)C(=O)N1CCCCCC1. The third kappa shape index (κ3) is 3.29. The first-order valence-corrected chi connectivity index (χ1v) is 5.80. The quantitative estimate of drug-likeness (QED) is 0.747. The second kappa shape index (κ2) is 6.02. The van der Waals surface area contributed by atoms with Crippen LogP contribution in [-0.4, -0.2) is 29.9 Å². The first-order chi connectivity index (χ1) is 6.75. The molecule has 0 radical (unpaired) electrons. The van der Waals surface area contributed by atoms with Crippen LogP contribution in [0.2, 0.25) is 0 Å². The topological polar surface area (TPSA) is 46.3 Å². The highest BCUT2D eigenvalue weighted by atomic mass is 16.2. The summed E-state index contributed by atoms with van der Waals surface area (Å²) in [6.45, 7) is 3.89. The number of nitrogens with two attached hydrogens (primary N) is 1.